The molecular formula is C40H64FeN2P2-6. The number of hydrogen-bond donors (Lipinski definition) is 2. The van der Waals surface area contributed by atoms with Gasteiger partial charge in [-0.2, -0.15) is 17.2 Å². The Bertz CT molecular complexity index is 1110. The van der Waals surface area contributed by atoms with Gasteiger partial charge in [-0.15, -0.1) is 22.7 Å². The van der Waals surface area contributed by atoms with Crippen molar-refractivity contribution in [2.75, 3.05) is 26.2 Å². The normalized spacial score (nSPS) is 33.4. The van der Waals surface area contributed by atoms with E-state index >= 15 is 0 Å². The summed E-state index contributed by atoms with van der Waals surface area (Å²) in [6.07, 6.45) is 14.5. The van der Waals surface area contributed by atoms with Gasteiger partial charge in [-0.05, 0) is 135 Å². The van der Waals surface area contributed by atoms with Crippen molar-refractivity contribution in [1.29, 1.82) is 0 Å². The Kier molecular flexibility index (Phi) is 12.0. The number of nitrogens with one attached hydrogen (secondary N) is 2. The smallest absolute Gasteiger partial charge is 0 e. The Hall–Kier alpha value is -0.000519. The maximum atomic E-state index is 3.83. The van der Waals surface area contributed by atoms with Gasteiger partial charge in [-0.3, -0.25) is 0 Å². The van der Waals surface area contributed by atoms with Crippen LogP contribution in [0.5, 0.6) is 0 Å². The van der Waals surface area contributed by atoms with Crippen molar-refractivity contribution in [3.8, 4) is 0 Å². The first-order chi connectivity index (χ1) is 20.9. The summed E-state index contributed by atoms with van der Waals surface area (Å²) in [6.45, 7) is 19.9. The summed E-state index contributed by atoms with van der Waals surface area (Å²) in [6, 6.07) is 15.4. The van der Waals surface area contributed by atoms with E-state index in [0.717, 1.165) is 29.3 Å². The quantitative estimate of drug-likeness (QED) is 0.179. The van der Waals surface area contributed by atoms with E-state index in [2.05, 4.69) is 73.5 Å². The zero-order chi connectivity index (χ0) is 31.1. The van der Waals surface area contributed by atoms with Crippen molar-refractivity contribution in [3.05, 3.63) is 59.2 Å². The van der Waals surface area contributed by atoms with Gasteiger partial charge in [0.2, 0.25) is 0 Å². The van der Waals surface area contributed by atoms with Crippen LogP contribution in [-0.4, -0.2) is 37.0 Å². The first-order valence-electron chi connectivity index (χ1n) is 18.4. The molecule has 4 bridgehead atoms. The molecule has 2 aromatic rings. The molecule has 2 saturated heterocycles. The molecule has 5 heteroatoms. The fraction of sp³-hybridized carbons (Fsp3) is 0.750. The largest absolute Gasteiger partial charge is 0.748 e. The van der Waals surface area contributed by atoms with Gasteiger partial charge in [-0.25, -0.2) is 6.07 Å². The van der Waals surface area contributed by atoms with E-state index < -0.39 is 0 Å². The predicted octanol–water partition coefficient (Wildman–Crippen LogP) is 9.78. The van der Waals surface area contributed by atoms with E-state index in [1.54, 1.807) is 48.8 Å². The summed E-state index contributed by atoms with van der Waals surface area (Å²) in [7, 11) is 3.50. The minimum atomic E-state index is -0.0892. The number of rotatable bonds is 6. The Morgan fingerprint density at radius 2 is 1.29 bits per heavy atom. The zero-order valence-electron chi connectivity index (χ0n) is 29.4. The van der Waals surface area contributed by atoms with Crippen molar-refractivity contribution in [3.63, 3.8) is 0 Å². The molecule has 258 valence electrons. The monoisotopic (exact) mass is 690 g/mol. The van der Waals surface area contributed by atoms with Gasteiger partial charge in [-0.1, -0.05) is 53.1 Å². The Balaban J connectivity index is 0.000000609. The minimum Gasteiger partial charge on any atom is -0.748 e. The van der Waals surface area contributed by atoms with Crippen LogP contribution in [0.3, 0.4) is 0 Å². The number of piperidine rings is 2. The second kappa shape index (κ2) is 14.9. The van der Waals surface area contributed by atoms with Crippen molar-refractivity contribution >= 4 is 17.2 Å². The maximum absolute atomic E-state index is 3.83. The molecule has 45 heavy (non-hydrogen) atoms. The summed E-state index contributed by atoms with van der Waals surface area (Å²) < 4.78 is 0. The second-order valence-electron chi connectivity index (χ2n) is 17.6. The Morgan fingerprint density at radius 1 is 0.800 bits per heavy atom. The number of hydrogen-bond acceptors (Lipinski definition) is 2. The van der Waals surface area contributed by atoms with Crippen molar-refractivity contribution in [1.82, 2.24) is 10.6 Å². The van der Waals surface area contributed by atoms with Crippen LogP contribution in [0.1, 0.15) is 116 Å². The van der Waals surface area contributed by atoms with E-state index in [4.69, 9.17) is 0 Å². The molecule has 4 unspecified atom stereocenters. The molecule has 0 spiro atoms. The summed E-state index contributed by atoms with van der Waals surface area (Å²) in [4.78, 5) is 0. The minimum absolute atomic E-state index is 0. The molecule has 6 fully saturated rings. The molecule has 4 aliphatic carbocycles. The molecule has 2 nitrogen and oxygen atoms in total. The molecule has 8 rings (SSSR count). The molecular weight excluding hydrogens is 626 g/mol. The third-order valence-corrected chi connectivity index (χ3v) is 17.8. The first-order valence-corrected chi connectivity index (χ1v) is 20.6. The predicted molar refractivity (Wildman–Crippen MR) is 197 cm³/mol. The third-order valence-electron chi connectivity index (χ3n) is 12.5. The molecule has 4 saturated carbocycles. The summed E-state index contributed by atoms with van der Waals surface area (Å²) in [5, 5.41) is 8.24. The van der Waals surface area contributed by atoms with Gasteiger partial charge in [0.1, 0.15) is 0 Å². The average Bonchev–Trinajstić information content (AvgIpc) is 3.70. The van der Waals surface area contributed by atoms with Crippen LogP contribution < -0.4 is 10.6 Å². The molecule has 0 radical (unpaired) electrons. The Morgan fingerprint density at radius 3 is 1.69 bits per heavy atom. The van der Waals surface area contributed by atoms with Gasteiger partial charge in [0.25, 0.3) is 0 Å². The topological polar surface area (TPSA) is 24.1 Å². The maximum Gasteiger partial charge on any atom is 0 e. The van der Waals surface area contributed by atoms with E-state index in [0.29, 0.717) is 17.0 Å². The standard InChI is InChI=1S/C35H59N2P2.C5H5.Fe/c1-33(2,3)30-18-27(22-39(34(4,5)6)32-25-14-23-13-24(16-25)17-26(32)15-23)31(19-30)35(38,28-9-7-11-36-20-28)29-10-8-12-37-21-29;1-2-4-5-3-1;/h18-19,23-26,28-29,32,36-37H,7-17,20-22,38H2,1-6H3;1-5H;/q-1;-5;. The van der Waals surface area contributed by atoms with Crippen molar-refractivity contribution < 1.29 is 17.1 Å². The SMILES string of the molecule is CC(C)(C)c1cc(C(P)(C2CCCNC2)C2CCCNC2)[c-](CP(C2C3CC4CC(C3)CC2C4)C(C)(C)C)c1.[Fe].[cH-]1[cH-][cH-][cH-][cH-]1. The van der Waals surface area contributed by atoms with Gasteiger partial charge < -0.3 is 41.0 Å². The van der Waals surface area contributed by atoms with Crippen LogP contribution in [-0.2, 0) is 33.8 Å². The molecule has 0 aromatic heterocycles. The molecule has 0 amide bonds. The van der Waals surface area contributed by atoms with E-state index in [1.165, 1.54) is 58.0 Å². The second-order valence-corrected chi connectivity index (χ2v) is 21.8. The van der Waals surface area contributed by atoms with Crippen LogP contribution in [0.15, 0.2) is 42.5 Å². The van der Waals surface area contributed by atoms with Gasteiger partial charge in [0.15, 0.2) is 0 Å². The third kappa shape index (κ3) is 7.92. The van der Waals surface area contributed by atoms with Crippen LogP contribution >= 0.6 is 17.2 Å². The fourth-order valence-corrected chi connectivity index (χ4v) is 15.1. The molecule has 2 heterocycles. The van der Waals surface area contributed by atoms with Crippen LogP contribution in [0.25, 0.3) is 0 Å². The zero-order valence-corrected chi connectivity index (χ0v) is 32.5. The molecule has 4 atom stereocenters. The molecule has 2 aliphatic heterocycles. The first kappa shape index (κ1) is 36.3. The molecule has 2 N–H and O–H groups in total. The molecule has 6 aliphatic rings. The van der Waals surface area contributed by atoms with Crippen molar-refractivity contribution in [2.45, 2.75) is 127 Å². The van der Waals surface area contributed by atoms with Crippen molar-refractivity contribution in [2.24, 2.45) is 35.5 Å². The summed E-state index contributed by atoms with van der Waals surface area (Å²) in [5.41, 5.74) is 6.27. The summed E-state index contributed by atoms with van der Waals surface area (Å²) in [5.74, 6) is 5.60. The van der Waals surface area contributed by atoms with Crippen LogP contribution in [0.4, 0.5) is 0 Å². The fourth-order valence-electron chi connectivity index (χ4n) is 10.5. The van der Waals surface area contributed by atoms with Crippen LogP contribution in [0.2, 0.25) is 0 Å². The van der Waals surface area contributed by atoms with Gasteiger partial charge >= 0.3 is 0 Å². The summed E-state index contributed by atoms with van der Waals surface area (Å²) >= 11 is 0. The van der Waals surface area contributed by atoms with E-state index in [9.17, 15) is 0 Å². The molecule has 2 aromatic carbocycles. The van der Waals surface area contributed by atoms with E-state index in [1.807, 2.05) is 30.3 Å². The van der Waals surface area contributed by atoms with Gasteiger partial charge in [0, 0.05) is 17.1 Å². The Labute approximate surface area is 291 Å². The average molecular weight is 691 g/mol. The van der Waals surface area contributed by atoms with Crippen LogP contribution in [0, 0.1) is 35.5 Å². The van der Waals surface area contributed by atoms with E-state index in [-0.39, 0.29) is 35.6 Å². The van der Waals surface area contributed by atoms with Gasteiger partial charge in [0.05, 0.1) is 0 Å².